The molecule has 2 rings (SSSR count). The number of rotatable bonds is 8. The smallest absolute Gasteiger partial charge is 0.335 e. The molecule has 156 valence electrons. The van der Waals surface area contributed by atoms with Gasteiger partial charge in [0.1, 0.15) is 0 Å². The van der Waals surface area contributed by atoms with E-state index in [9.17, 15) is 9.59 Å². The van der Waals surface area contributed by atoms with Crippen molar-refractivity contribution >= 4 is 11.8 Å². The minimum absolute atomic E-state index is 0.112. The van der Waals surface area contributed by atoms with Crippen LogP contribution in [0.3, 0.4) is 0 Å². The Labute approximate surface area is 170 Å². The fourth-order valence-corrected chi connectivity index (χ4v) is 2.43. The summed E-state index contributed by atoms with van der Waals surface area (Å²) < 4.78 is 26.1. The maximum absolute atomic E-state index is 12.9. The van der Waals surface area contributed by atoms with Gasteiger partial charge in [0.25, 0.3) is 0 Å². The molecule has 0 saturated carbocycles. The van der Waals surface area contributed by atoms with E-state index in [4.69, 9.17) is 23.7 Å². The highest BCUT2D eigenvalue weighted by Gasteiger charge is 2.20. The fourth-order valence-electron chi connectivity index (χ4n) is 2.43. The molecule has 0 aliphatic heterocycles. The maximum Gasteiger partial charge on any atom is 0.335 e. The molecule has 0 aromatic heterocycles. The largest absolute Gasteiger partial charge is 0.493 e. The number of ketones is 1. The summed E-state index contributed by atoms with van der Waals surface area (Å²) in [5.74, 6) is 0.525. The molecule has 7 nitrogen and oxygen atoms in total. The number of carbonyl (C=O) groups excluding carboxylic acids is 2. The van der Waals surface area contributed by atoms with Gasteiger partial charge < -0.3 is 23.7 Å². The van der Waals surface area contributed by atoms with E-state index in [2.05, 4.69) is 6.58 Å². The number of hydrogen-bond acceptors (Lipinski definition) is 7. The average Bonchev–Trinajstić information content (AvgIpc) is 2.78. The first-order valence-corrected chi connectivity index (χ1v) is 8.86. The third kappa shape index (κ3) is 5.51. The minimum Gasteiger partial charge on any atom is -0.493 e. The number of esters is 1. The monoisotopic (exact) mass is 402 g/mol. The summed E-state index contributed by atoms with van der Waals surface area (Å²) in [6.45, 7) is 7.35. The van der Waals surface area contributed by atoms with Crippen LogP contribution in [0.2, 0.25) is 0 Å². The van der Waals surface area contributed by atoms with Gasteiger partial charge in [-0.15, -0.1) is 0 Å². The van der Waals surface area contributed by atoms with E-state index in [-0.39, 0.29) is 17.1 Å². The van der Waals surface area contributed by atoms with Crippen LogP contribution in [0.4, 0.5) is 0 Å². The Morgan fingerprint density at radius 1 is 0.759 bits per heavy atom. The van der Waals surface area contributed by atoms with E-state index in [0.29, 0.717) is 28.6 Å². The summed E-state index contributed by atoms with van der Waals surface area (Å²) >= 11 is 0. The first-order valence-electron chi connectivity index (χ1n) is 8.86. The predicted octanol–water partition coefficient (Wildman–Crippen LogP) is 4.07. The van der Waals surface area contributed by atoms with Crippen LogP contribution >= 0.6 is 0 Å². The Morgan fingerprint density at radius 3 is 1.72 bits per heavy atom. The van der Waals surface area contributed by atoms with Gasteiger partial charge in [-0.25, -0.2) is 4.79 Å². The van der Waals surface area contributed by atoms with Crippen LogP contribution in [0, 0.1) is 0 Å². The second-order valence-electron chi connectivity index (χ2n) is 5.23. The van der Waals surface area contributed by atoms with Gasteiger partial charge in [-0.05, 0) is 30.3 Å². The van der Waals surface area contributed by atoms with Crippen molar-refractivity contribution in [3.63, 3.8) is 0 Å². The van der Waals surface area contributed by atoms with E-state index in [1.165, 1.54) is 40.6 Å². The topological polar surface area (TPSA) is 80.3 Å². The molecule has 0 N–H and O–H groups in total. The Bertz CT molecular complexity index is 846. The molecule has 0 aliphatic rings. The maximum atomic E-state index is 12.9. The van der Waals surface area contributed by atoms with Gasteiger partial charge in [-0.3, -0.25) is 4.79 Å². The van der Waals surface area contributed by atoms with Crippen molar-refractivity contribution in [3.05, 3.63) is 54.1 Å². The van der Waals surface area contributed by atoms with E-state index >= 15 is 0 Å². The van der Waals surface area contributed by atoms with Crippen LogP contribution in [-0.4, -0.2) is 40.2 Å². The quantitative estimate of drug-likeness (QED) is 0.285. The first-order chi connectivity index (χ1) is 14.0. The summed E-state index contributed by atoms with van der Waals surface area (Å²) in [6.07, 6.45) is 1.02. The molecule has 29 heavy (non-hydrogen) atoms. The van der Waals surface area contributed by atoms with Gasteiger partial charge in [0.15, 0.2) is 28.8 Å². The van der Waals surface area contributed by atoms with Gasteiger partial charge in [0, 0.05) is 17.2 Å². The molecular formula is C22H26O7. The summed E-state index contributed by atoms with van der Waals surface area (Å²) in [5, 5.41) is 0. The molecular weight excluding hydrogens is 376 g/mol. The van der Waals surface area contributed by atoms with Crippen LogP contribution < -0.4 is 23.7 Å². The Balaban J connectivity index is 0.00000204. The first kappa shape index (κ1) is 23.6. The number of methoxy groups -OCH3 is 4. The second-order valence-corrected chi connectivity index (χ2v) is 5.23. The van der Waals surface area contributed by atoms with Crippen LogP contribution in [-0.2, 0) is 4.79 Å². The number of carbonyl (C=O) groups is 2. The lowest BCUT2D eigenvalue weighted by Crippen LogP contribution is -2.07. The summed E-state index contributed by atoms with van der Waals surface area (Å²) in [6, 6.07) is 7.62. The highest BCUT2D eigenvalue weighted by molar-refractivity contribution is 6.10. The minimum atomic E-state index is -0.661. The molecule has 0 radical (unpaired) electrons. The third-order valence-corrected chi connectivity index (χ3v) is 3.73. The Morgan fingerprint density at radius 2 is 1.28 bits per heavy atom. The molecule has 7 heteroatoms. The van der Waals surface area contributed by atoms with Crippen molar-refractivity contribution in [1.82, 2.24) is 0 Å². The molecule has 0 amide bonds. The van der Waals surface area contributed by atoms with Crippen LogP contribution in [0.15, 0.2) is 43.0 Å². The summed E-state index contributed by atoms with van der Waals surface area (Å²) in [5.41, 5.74) is 0.604. The zero-order chi connectivity index (χ0) is 22.0. The van der Waals surface area contributed by atoms with Gasteiger partial charge in [-0.1, -0.05) is 20.4 Å². The second kappa shape index (κ2) is 11.4. The highest BCUT2D eigenvalue weighted by Crippen LogP contribution is 2.39. The van der Waals surface area contributed by atoms with Crippen molar-refractivity contribution in [3.8, 4) is 28.7 Å². The Kier molecular flexibility index (Phi) is 9.25. The molecule has 0 spiro atoms. The SMILES string of the molecule is C=CC(=O)Oc1cc(C(=O)c2cc(OC)c(OC)c(OC)c2)ccc1OC.CC. The van der Waals surface area contributed by atoms with Gasteiger partial charge in [0.05, 0.1) is 28.4 Å². The highest BCUT2D eigenvalue weighted by atomic mass is 16.6. The lowest BCUT2D eigenvalue weighted by Gasteiger charge is -2.14. The van der Waals surface area contributed by atoms with Crippen LogP contribution in [0.25, 0.3) is 0 Å². The molecule has 0 heterocycles. The normalized spacial score (nSPS) is 9.45. The van der Waals surface area contributed by atoms with Crippen LogP contribution in [0.5, 0.6) is 28.7 Å². The van der Waals surface area contributed by atoms with Crippen molar-refractivity contribution < 1.29 is 33.3 Å². The van der Waals surface area contributed by atoms with Gasteiger partial charge >= 0.3 is 5.97 Å². The molecule has 2 aromatic rings. The van der Waals surface area contributed by atoms with E-state index in [0.717, 1.165) is 6.08 Å². The van der Waals surface area contributed by atoms with E-state index < -0.39 is 5.97 Å². The predicted molar refractivity (Wildman–Crippen MR) is 110 cm³/mol. The molecule has 2 aromatic carbocycles. The number of ether oxygens (including phenoxy) is 5. The average molecular weight is 402 g/mol. The summed E-state index contributed by atoms with van der Waals surface area (Å²) in [7, 11) is 5.84. The summed E-state index contributed by atoms with van der Waals surface area (Å²) in [4.78, 5) is 24.4. The zero-order valence-corrected chi connectivity index (χ0v) is 17.5. The van der Waals surface area contributed by atoms with Crippen molar-refractivity contribution in [2.45, 2.75) is 13.8 Å². The lowest BCUT2D eigenvalue weighted by molar-refractivity contribution is -0.129. The fraction of sp³-hybridized carbons (Fsp3) is 0.273. The van der Waals surface area contributed by atoms with Crippen molar-refractivity contribution in [1.29, 1.82) is 0 Å². The van der Waals surface area contributed by atoms with Crippen LogP contribution in [0.1, 0.15) is 29.8 Å². The van der Waals surface area contributed by atoms with Crippen molar-refractivity contribution in [2.75, 3.05) is 28.4 Å². The molecule has 0 fully saturated rings. The molecule has 0 bridgehead atoms. The number of hydrogen-bond donors (Lipinski definition) is 0. The van der Waals surface area contributed by atoms with E-state index in [1.54, 1.807) is 18.2 Å². The number of benzene rings is 2. The molecule has 0 aliphatic carbocycles. The Hall–Kier alpha value is -3.48. The van der Waals surface area contributed by atoms with E-state index in [1.807, 2.05) is 13.8 Å². The van der Waals surface area contributed by atoms with Gasteiger partial charge in [0.2, 0.25) is 5.75 Å². The molecule has 0 saturated heterocycles. The standard InChI is InChI=1S/C20H20O7.C2H6/c1-6-18(21)27-15-9-12(7-8-14(15)23-2)19(22)13-10-16(24-3)20(26-5)17(11-13)25-4;1-2/h6-11H,1H2,2-5H3;1-2H3. The lowest BCUT2D eigenvalue weighted by atomic mass is 10.0. The molecule has 0 atom stereocenters. The third-order valence-electron chi connectivity index (χ3n) is 3.73. The van der Waals surface area contributed by atoms with Gasteiger partial charge in [-0.2, -0.15) is 0 Å². The zero-order valence-electron chi connectivity index (χ0n) is 17.5. The molecule has 0 unspecified atom stereocenters. The van der Waals surface area contributed by atoms with Crippen molar-refractivity contribution in [2.24, 2.45) is 0 Å².